The first-order chi connectivity index (χ1) is 10.8. The average molecular weight is 341 g/mol. The van der Waals surface area contributed by atoms with Crippen molar-refractivity contribution < 1.29 is 23.1 Å². The Labute approximate surface area is 134 Å². The first-order valence-corrected chi connectivity index (χ1v) is 8.93. The number of aromatic carboxylic acids is 1. The molecule has 126 valence electrons. The van der Waals surface area contributed by atoms with Gasteiger partial charge in [0.15, 0.2) is 0 Å². The molecule has 1 aromatic heterocycles. The predicted molar refractivity (Wildman–Crippen MR) is 82.7 cm³/mol. The van der Waals surface area contributed by atoms with Crippen LogP contribution in [0.1, 0.15) is 40.7 Å². The van der Waals surface area contributed by atoms with Gasteiger partial charge in [-0.05, 0) is 31.9 Å². The zero-order valence-corrected chi connectivity index (χ0v) is 13.5. The predicted octanol–water partition coefficient (Wildman–Crippen LogP) is 0.324. The van der Waals surface area contributed by atoms with Crippen molar-refractivity contribution >= 4 is 21.9 Å². The van der Waals surface area contributed by atoms with E-state index in [4.69, 9.17) is 5.11 Å². The van der Waals surface area contributed by atoms with Crippen LogP contribution in [-0.4, -0.2) is 59.6 Å². The highest BCUT2D eigenvalue weighted by Crippen LogP contribution is 2.15. The highest BCUT2D eigenvalue weighted by Gasteiger charge is 2.27. The third kappa shape index (κ3) is 4.26. The number of hydrogen-bond acceptors (Lipinski definition) is 5. The summed E-state index contributed by atoms with van der Waals surface area (Å²) in [5, 5.41) is 11.7. The van der Waals surface area contributed by atoms with Gasteiger partial charge in [0, 0.05) is 19.1 Å². The molecule has 0 aromatic carbocycles. The van der Waals surface area contributed by atoms with Crippen LogP contribution in [-0.2, 0) is 10.0 Å². The molecule has 0 unspecified atom stereocenters. The Balaban J connectivity index is 1.95. The number of amides is 1. The van der Waals surface area contributed by atoms with E-state index < -0.39 is 21.9 Å². The highest BCUT2D eigenvalue weighted by molar-refractivity contribution is 7.89. The third-order valence-electron chi connectivity index (χ3n) is 3.75. The van der Waals surface area contributed by atoms with Crippen LogP contribution in [0.25, 0.3) is 0 Å². The van der Waals surface area contributed by atoms with Crippen molar-refractivity contribution in [3.63, 3.8) is 0 Å². The lowest BCUT2D eigenvalue weighted by Crippen LogP contribution is -2.47. The Morgan fingerprint density at radius 1 is 1.30 bits per heavy atom. The van der Waals surface area contributed by atoms with Crippen LogP contribution in [0.4, 0.5) is 0 Å². The second-order valence-electron chi connectivity index (χ2n) is 5.26. The second-order valence-corrected chi connectivity index (χ2v) is 7.52. The number of carbonyl (C=O) groups is 2. The lowest BCUT2D eigenvalue weighted by molar-refractivity contribution is 0.0690. The summed E-state index contributed by atoms with van der Waals surface area (Å²) in [6, 6.07) is 4.06. The molecule has 23 heavy (non-hydrogen) atoms. The van der Waals surface area contributed by atoms with Crippen molar-refractivity contribution in [2.45, 2.75) is 25.8 Å². The van der Waals surface area contributed by atoms with E-state index in [0.29, 0.717) is 25.9 Å². The van der Waals surface area contributed by atoms with Gasteiger partial charge in [-0.2, -0.15) is 0 Å². The number of nitrogens with zero attached hydrogens (tertiary/aromatic N) is 2. The Hall–Kier alpha value is -2.00. The zero-order chi connectivity index (χ0) is 17.0. The van der Waals surface area contributed by atoms with Gasteiger partial charge in [-0.25, -0.2) is 22.5 Å². The molecule has 9 heteroatoms. The summed E-state index contributed by atoms with van der Waals surface area (Å²) in [5.41, 5.74) is -0.157. The fraction of sp³-hybridized carbons (Fsp3) is 0.500. The van der Waals surface area contributed by atoms with E-state index in [-0.39, 0.29) is 23.2 Å². The average Bonchev–Trinajstić information content (AvgIpc) is 2.55. The van der Waals surface area contributed by atoms with Crippen molar-refractivity contribution in [1.82, 2.24) is 14.6 Å². The van der Waals surface area contributed by atoms with E-state index in [1.165, 1.54) is 22.5 Å². The molecule has 1 aliphatic heterocycles. The fourth-order valence-electron chi connectivity index (χ4n) is 2.40. The lowest BCUT2D eigenvalue weighted by Gasteiger charge is -2.31. The van der Waals surface area contributed by atoms with Crippen molar-refractivity contribution in [3.8, 4) is 0 Å². The first-order valence-electron chi connectivity index (χ1n) is 7.32. The van der Waals surface area contributed by atoms with Crippen LogP contribution < -0.4 is 5.32 Å². The van der Waals surface area contributed by atoms with Crippen LogP contribution in [0.5, 0.6) is 0 Å². The van der Waals surface area contributed by atoms with Gasteiger partial charge in [0.25, 0.3) is 5.91 Å². The number of carbonyl (C=O) groups excluding carboxylic acids is 1. The molecule has 8 nitrogen and oxygen atoms in total. The SMILES string of the molecule is CCS(=O)(=O)N1CCC(NC(=O)c2cccc(C(=O)O)n2)CC1. The van der Waals surface area contributed by atoms with Gasteiger partial charge in [-0.3, -0.25) is 4.79 Å². The number of hydrogen-bond donors (Lipinski definition) is 2. The maximum Gasteiger partial charge on any atom is 0.354 e. The Kier molecular flexibility index (Phi) is 5.32. The van der Waals surface area contributed by atoms with Crippen molar-refractivity contribution in [2.75, 3.05) is 18.8 Å². The summed E-state index contributed by atoms with van der Waals surface area (Å²) in [5.74, 6) is -1.58. The molecule has 2 N–H and O–H groups in total. The van der Waals surface area contributed by atoms with E-state index in [0.717, 1.165) is 0 Å². The molecule has 1 aromatic rings. The molecule has 0 atom stereocenters. The van der Waals surface area contributed by atoms with Crippen LogP contribution in [0.3, 0.4) is 0 Å². The van der Waals surface area contributed by atoms with Gasteiger partial charge in [-0.15, -0.1) is 0 Å². The third-order valence-corrected chi connectivity index (χ3v) is 5.63. The normalized spacial score (nSPS) is 16.9. The molecule has 1 saturated heterocycles. The molecule has 0 aliphatic carbocycles. The number of nitrogens with one attached hydrogen (secondary N) is 1. The van der Waals surface area contributed by atoms with Crippen molar-refractivity contribution in [2.24, 2.45) is 0 Å². The minimum atomic E-state index is -3.20. The van der Waals surface area contributed by atoms with Gasteiger partial charge in [0.05, 0.1) is 5.75 Å². The number of aromatic nitrogens is 1. The Morgan fingerprint density at radius 2 is 1.91 bits per heavy atom. The van der Waals surface area contributed by atoms with Crippen molar-refractivity contribution in [3.05, 3.63) is 29.6 Å². The topological polar surface area (TPSA) is 117 Å². The Bertz CT molecular complexity index is 696. The monoisotopic (exact) mass is 341 g/mol. The summed E-state index contributed by atoms with van der Waals surface area (Å²) in [6.07, 6.45) is 1.03. The zero-order valence-electron chi connectivity index (χ0n) is 12.7. The molecule has 0 saturated carbocycles. The van der Waals surface area contributed by atoms with Crippen LogP contribution in [0.2, 0.25) is 0 Å². The van der Waals surface area contributed by atoms with Gasteiger partial charge in [-0.1, -0.05) is 6.07 Å². The van der Waals surface area contributed by atoms with E-state index >= 15 is 0 Å². The van der Waals surface area contributed by atoms with E-state index in [2.05, 4.69) is 10.3 Å². The number of sulfonamides is 1. The number of rotatable bonds is 5. The molecule has 1 aliphatic rings. The molecule has 2 heterocycles. The highest BCUT2D eigenvalue weighted by atomic mass is 32.2. The molecule has 0 radical (unpaired) electrons. The number of piperidine rings is 1. The molecule has 2 rings (SSSR count). The lowest BCUT2D eigenvalue weighted by atomic mass is 10.1. The number of carboxylic acids is 1. The molecule has 0 bridgehead atoms. The maximum atomic E-state index is 12.1. The number of pyridine rings is 1. The largest absolute Gasteiger partial charge is 0.477 e. The minimum Gasteiger partial charge on any atom is -0.477 e. The van der Waals surface area contributed by atoms with Crippen LogP contribution >= 0.6 is 0 Å². The Morgan fingerprint density at radius 3 is 2.48 bits per heavy atom. The second kappa shape index (κ2) is 7.05. The summed E-state index contributed by atoms with van der Waals surface area (Å²) in [6.45, 7) is 2.33. The van der Waals surface area contributed by atoms with Crippen LogP contribution in [0, 0.1) is 0 Å². The smallest absolute Gasteiger partial charge is 0.354 e. The summed E-state index contributed by atoms with van der Waals surface area (Å²) < 4.78 is 25.0. The van der Waals surface area contributed by atoms with E-state index in [1.54, 1.807) is 6.92 Å². The molecule has 1 fully saturated rings. The minimum absolute atomic E-state index is 0.0357. The van der Waals surface area contributed by atoms with Crippen LogP contribution in [0.15, 0.2) is 18.2 Å². The fourth-order valence-corrected chi connectivity index (χ4v) is 3.53. The quantitative estimate of drug-likeness (QED) is 0.797. The molecular formula is C14H19N3O5S. The number of carboxylic acid groups (broad SMARTS) is 1. The first kappa shape index (κ1) is 17.4. The standard InChI is InChI=1S/C14H19N3O5S/c1-2-23(21,22)17-8-6-10(7-9-17)15-13(18)11-4-3-5-12(16-11)14(19)20/h3-5,10H,2,6-9H2,1H3,(H,15,18)(H,19,20). The van der Waals surface area contributed by atoms with E-state index in [9.17, 15) is 18.0 Å². The maximum absolute atomic E-state index is 12.1. The summed E-state index contributed by atoms with van der Waals surface area (Å²) in [7, 11) is -3.20. The molecule has 0 spiro atoms. The summed E-state index contributed by atoms with van der Waals surface area (Å²) in [4.78, 5) is 26.8. The van der Waals surface area contributed by atoms with Crippen molar-refractivity contribution in [1.29, 1.82) is 0 Å². The van der Waals surface area contributed by atoms with E-state index in [1.807, 2.05) is 0 Å². The van der Waals surface area contributed by atoms with Gasteiger partial charge < -0.3 is 10.4 Å². The van der Waals surface area contributed by atoms with Gasteiger partial charge in [0.1, 0.15) is 11.4 Å². The van der Waals surface area contributed by atoms with Gasteiger partial charge in [0.2, 0.25) is 10.0 Å². The molecular weight excluding hydrogens is 322 g/mol. The molecule has 1 amide bonds. The van der Waals surface area contributed by atoms with Gasteiger partial charge >= 0.3 is 5.97 Å². The summed E-state index contributed by atoms with van der Waals surface area (Å²) >= 11 is 0.